The molecule has 0 aliphatic rings. The van der Waals surface area contributed by atoms with Crippen LogP contribution in [0.5, 0.6) is 0 Å². The van der Waals surface area contributed by atoms with Gasteiger partial charge in [0, 0.05) is 19.5 Å². The van der Waals surface area contributed by atoms with E-state index in [0.717, 1.165) is 11.1 Å². The van der Waals surface area contributed by atoms with Gasteiger partial charge in [-0.2, -0.15) is 0 Å². The number of carbonyl (C=O) groups is 4. The Morgan fingerprint density at radius 1 is 1.00 bits per heavy atom. The molecule has 0 fully saturated rings. The summed E-state index contributed by atoms with van der Waals surface area (Å²) < 4.78 is 5.32. The minimum absolute atomic E-state index is 0.0316. The lowest BCUT2D eigenvalue weighted by Crippen LogP contribution is -2.53. The molecule has 0 bridgehead atoms. The molecule has 2 atom stereocenters. The molecule has 0 aliphatic carbocycles. The Morgan fingerprint density at radius 3 is 2.16 bits per heavy atom. The van der Waals surface area contributed by atoms with Crippen LogP contribution in [-0.4, -0.2) is 46.9 Å². The monoisotopic (exact) mass is 510 g/mol. The number of nitrogens with one attached hydrogen (secondary N) is 2. The highest BCUT2D eigenvalue weighted by Crippen LogP contribution is 2.24. The Labute approximate surface area is 218 Å². The predicted octanol–water partition coefficient (Wildman–Crippen LogP) is 3.36. The van der Waals surface area contributed by atoms with Crippen molar-refractivity contribution in [3.63, 3.8) is 0 Å². The molecular formula is C28H38N4O5. The van der Waals surface area contributed by atoms with Crippen molar-refractivity contribution in [3.8, 4) is 0 Å². The highest BCUT2D eigenvalue weighted by molar-refractivity contribution is 5.92. The van der Waals surface area contributed by atoms with Crippen molar-refractivity contribution in [1.29, 1.82) is 0 Å². The van der Waals surface area contributed by atoms with Gasteiger partial charge in [-0.25, -0.2) is 4.79 Å². The molecule has 4 N–H and O–H groups in total. The van der Waals surface area contributed by atoms with Crippen molar-refractivity contribution in [2.45, 2.75) is 71.7 Å². The molecule has 200 valence electrons. The number of ether oxygens (including phenoxy) is 1. The summed E-state index contributed by atoms with van der Waals surface area (Å²) in [5.41, 5.74) is 7.08. The number of aryl methyl sites for hydroxylation is 1. The zero-order chi connectivity index (χ0) is 27.6. The van der Waals surface area contributed by atoms with E-state index >= 15 is 0 Å². The largest absolute Gasteiger partial charge is 0.444 e. The van der Waals surface area contributed by atoms with Crippen molar-refractivity contribution in [2.75, 3.05) is 6.54 Å². The second kappa shape index (κ2) is 13.4. The van der Waals surface area contributed by atoms with Gasteiger partial charge in [-0.15, -0.1) is 0 Å². The molecule has 0 saturated carbocycles. The first-order valence-corrected chi connectivity index (χ1v) is 12.4. The number of alkyl carbamates (subject to hydrolysis) is 1. The zero-order valence-electron chi connectivity index (χ0n) is 22.2. The van der Waals surface area contributed by atoms with Crippen molar-refractivity contribution >= 4 is 23.8 Å². The minimum Gasteiger partial charge on any atom is -0.444 e. The summed E-state index contributed by atoms with van der Waals surface area (Å²) in [7, 11) is 0. The van der Waals surface area contributed by atoms with E-state index in [1.165, 1.54) is 4.90 Å². The second-order valence-corrected chi connectivity index (χ2v) is 9.84. The normalized spacial score (nSPS) is 12.7. The van der Waals surface area contributed by atoms with Gasteiger partial charge in [0.25, 0.3) is 0 Å². The van der Waals surface area contributed by atoms with E-state index in [1.807, 2.05) is 49.4 Å². The summed E-state index contributed by atoms with van der Waals surface area (Å²) in [6.45, 7) is 9.26. The molecule has 0 radical (unpaired) electrons. The van der Waals surface area contributed by atoms with Crippen molar-refractivity contribution in [1.82, 2.24) is 15.5 Å². The van der Waals surface area contributed by atoms with Crippen LogP contribution in [0.1, 0.15) is 63.3 Å². The molecule has 4 amide bonds. The van der Waals surface area contributed by atoms with Crippen LogP contribution < -0.4 is 16.4 Å². The molecule has 37 heavy (non-hydrogen) atoms. The van der Waals surface area contributed by atoms with Crippen LogP contribution in [0.15, 0.2) is 54.6 Å². The first-order chi connectivity index (χ1) is 17.4. The maximum absolute atomic E-state index is 13.8. The molecule has 9 nitrogen and oxygen atoms in total. The fraction of sp³-hybridized carbons (Fsp3) is 0.429. The predicted molar refractivity (Wildman–Crippen MR) is 141 cm³/mol. The highest BCUT2D eigenvalue weighted by Gasteiger charge is 2.35. The summed E-state index contributed by atoms with van der Waals surface area (Å²) in [4.78, 5) is 52.7. The molecule has 0 aliphatic heterocycles. The van der Waals surface area contributed by atoms with Gasteiger partial charge in [-0.1, -0.05) is 60.2 Å². The lowest BCUT2D eigenvalue weighted by atomic mass is 10.0. The van der Waals surface area contributed by atoms with Gasteiger partial charge in [-0.05, 0) is 52.2 Å². The minimum atomic E-state index is -1.11. The molecule has 0 heterocycles. The number of rotatable bonds is 11. The third-order valence-corrected chi connectivity index (χ3v) is 5.55. The smallest absolute Gasteiger partial charge is 0.408 e. The van der Waals surface area contributed by atoms with Crippen LogP contribution in [0, 0.1) is 6.92 Å². The van der Waals surface area contributed by atoms with Crippen LogP contribution in [-0.2, 0) is 25.7 Å². The zero-order valence-corrected chi connectivity index (χ0v) is 22.2. The highest BCUT2D eigenvalue weighted by atomic mass is 16.6. The molecule has 2 rings (SSSR count). The number of benzene rings is 2. The Balaban J connectivity index is 2.37. The Morgan fingerprint density at radius 2 is 1.62 bits per heavy atom. The van der Waals surface area contributed by atoms with Gasteiger partial charge in [0.05, 0.1) is 0 Å². The number of nitrogens with zero attached hydrogens (tertiary/aromatic N) is 1. The van der Waals surface area contributed by atoms with Crippen LogP contribution in [0.3, 0.4) is 0 Å². The van der Waals surface area contributed by atoms with Gasteiger partial charge in [-0.3, -0.25) is 14.4 Å². The van der Waals surface area contributed by atoms with E-state index < -0.39 is 35.6 Å². The molecule has 0 aromatic heterocycles. The van der Waals surface area contributed by atoms with E-state index in [2.05, 4.69) is 10.6 Å². The fourth-order valence-electron chi connectivity index (χ4n) is 3.76. The van der Waals surface area contributed by atoms with Crippen molar-refractivity contribution in [3.05, 3.63) is 71.3 Å². The Hall–Kier alpha value is -3.88. The lowest BCUT2D eigenvalue weighted by Gasteiger charge is -2.33. The van der Waals surface area contributed by atoms with E-state index in [0.29, 0.717) is 5.56 Å². The average Bonchev–Trinajstić information content (AvgIpc) is 2.83. The summed E-state index contributed by atoms with van der Waals surface area (Å²) in [5, 5.41) is 5.49. The second-order valence-electron chi connectivity index (χ2n) is 9.84. The van der Waals surface area contributed by atoms with E-state index in [-0.39, 0.29) is 31.8 Å². The summed E-state index contributed by atoms with van der Waals surface area (Å²) in [5.74, 6) is -1.49. The number of carbonyl (C=O) groups excluding carboxylic acids is 4. The SMILES string of the molecule is CCN(C(=O)C(CCC(N)=O)NC(=O)OC(C)(C)C)C(C(=O)NCc1ccccc1)c1ccc(C)cc1. The van der Waals surface area contributed by atoms with Crippen LogP contribution >= 0.6 is 0 Å². The lowest BCUT2D eigenvalue weighted by molar-refractivity contribution is -0.142. The number of nitrogens with two attached hydrogens (primary N) is 1. The molecule has 2 aromatic rings. The van der Waals surface area contributed by atoms with Crippen molar-refractivity contribution in [2.24, 2.45) is 5.73 Å². The number of amides is 4. The van der Waals surface area contributed by atoms with E-state index in [1.54, 1.807) is 39.8 Å². The maximum atomic E-state index is 13.8. The number of likely N-dealkylation sites (N-methyl/N-ethyl adjacent to an activating group) is 1. The quantitative estimate of drug-likeness (QED) is 0.427. The summed E-state index contributed by atoms with van der Waals surface area (Å²) >= 11 is 0. The maximum Gasteiger partial charge on any atom is 0.408 e. The Kier molecular flexibility index (Phi) is 10.7. The third-order valence-electron chi connectivity index (χ3n) is 5.55. The van der Waals surface area contributed by atoms with Gasteiger partial charge < -0.3 is 26.0 Å². The Bertz CT molecular complexity index is 1060. The van der Waals surface area contributed by atoms with Crippen LogP contribution in [0.25, 0.3) is 0 Å². The molecule has 2 unspecified atom stereocenters. The van der Waals surface area contributed by atoms with E-state index in [9.17, 15) is 19.2 Å². The van der Waals surface area contributed by atoms with Gasteiger partial charge >= 0.3 is 6.09 Å². The van der Waals surface area contributed by atoms with Crippen molar-refractivity contribution < 1.29 is 23.9 Å². The standard InChI is InChI=1S/C28H38N4O5/c1-6-32(26(35)22(16-17-23(29)33)31-27(36)37-28(3,4)5)24(21-14-12-19(2)13-15-21)25(34)30-18-20-10-8-7-9-11-20/h7-15,22,24H,6,16-18H2,1-5H3,(H2,29,33)(H,30,34)(H,31,36). The van der Waals surface area contributed by atoms with E-state index in [4.69, 9.17) is 10.5 Å². The number of hydrogen-bond acceptors (Lipinski definition) is 5. The average molecular weight is 511 g/mol. The first-order valence-electron chi connectivity index (χ1n) is 12.4. The third kappa shape index (κ3) is 9.59. The van der Waals surface area contributed by atoms with Gasteiger partial charge in [0.15, 0.2) is 0 Å². The molecular weight excluding hydrogens is 472 g/mol. The first kappa shape index (κ1) is 29.4. The van der Waals surface area contributed by atoms with Crippen LogP contribution in [0.2, 0.25) is 0 Å². The summed E-state index contributed by atoms with van der Waals surface area (Å²) in [6, 6.07) is 14.7. The van der Waals surface area contributed by atoms with Gasteiger partial charge in [0.2, 0.25) is 17.7 Å². The molecule has 0 saturated heterocycles. The topological polar surface area (TPSA) is 131 Å². The number of hydrogen-bond donors (Lipinski definition) is 3. The molecule has 9 heteroatoms. The molecule has 0 spiro atoms. The summed E-state index contributed by atoms with van der Waals surface area (Å²) in [6.07, 6.45) is -0.957. The number of primary amides is 1. The molecule has 2 aromatic carbocycles. The fourth-order valence-corrected chi connectivity index (χ4v) is 3.76. The van der Waals surface area contributed by atoms with Gasteiger partial charge in [0.1, 0.15) is 17.7 Å². The van der Waals surface area contributed by atoms with Crippen LogP contribution in [0.4, 0.5) is 4.79 Å².